The van der Waals surface area contributed by atoms with E-state index in [1.165, 1.54) is 11.8 Å². The average Bonchev–Trinajstić information content (AvgIpc) is 2.66. The van der Waals surface area contributed by atoms with Gasteiger partial charge < -0.3 is 14.2 Å². The van der Waals surface area contributed by atoms with Crippen LogP contribution in [0.25, 0.3) is 10.8 Å². The Labute approximate surface area is 161 Å². The number of methoxy groups -OCH3 is 1. The number of ether oxygens (including phenoxy) is 3. The molecule has 0 radical (unpaired) electrons. The highest BCUT2D eigenvalue weighted by Crippen LogP contribution is 2.35. The summed E-state index contributed by atoms with van der Waals surface area (Å²) in [6, 6.07) is 8.74. The van der Waals surface area contributed by atoms with Crippen molar-refractivity contribution < 1.29 is 28.6 Å². The quantitative estimate of drug-likeness (QED) is 0.388. The summed E-state index contributed by atoms with van der Waals surface area (Å²) in [5, 5.41) is 1.42. The Morgan fingerprint density at radius 2 is 1.89 bits per heavy atom. The molecule has 0 saturated carbocycles. The smallest absolute Gasteiger partial charge is 0.346 e. The summed E-state index contributed by atoms with van der Waals surface area (Å²) < 4.78 is 15.1. The van der Waals surface area contributed by atoms with Crippen molar-refractivity contribution in [2.75, 3.05) is 19.5 Å². The topological polar surface area (TPSA) is 78.9 Å². The van der Waals surface area contributed by atoms with E-state index in [-0.39, 0.29) is 18.5 Å². The first-order valence-electron chi connectivity index (χ1n) is 8.64. The lowest BCUT2D eigenvalue weighted by Crippen LogP contribution is -2.19. The highest BCUT2D eigenvalue weighted by molar-refractivity contribution is 7.99. The largest absolute Gasteiger partial charge is 0.466 e. The highest BCUT2D eigenvalue weighted by atomic mass is 32.2. The monoisotopic (exact) mass is 388 g/mol. The number of esters is 3. The summed E-state index contributed by atoms with van der Waals surface area (Å²) in [4.78, 5) is 36.6. The van der Waals surface area contributed by atoms with Crippen LogP contribution in [0.3, 0.4) is 0 Å². The third-order valence-electron chi connectivity index (χ3n) is 4.38. The van der Waals surface area contributed by atoms with Crippen molar-refractivity contribution >= 4 is 40.4 Å². The fourth-order valence-electron chi connectivity index (χ4n) is 2.81. The van der Waals surface area contributed by atoms with Crippen LogP contribution >= 0.6 is 11.8 Å². The molecule has 1 aliphatic heterocycles. The molecule has 0 N–H and O–H groups in total. The number of carbonyl (C=O) groups excluding carboxylic acids is 3. The molecule has 1 atom stereocenters. The van der Waals surface area contributed by atoms with Gasteiger partial charge in [0.1, 0.15) is 0 Å². The second-order valence-electron chi connectivity index (χ2n) is 6.17. The Kier molecular flexibility index (Phi) is 6.13. The lowest BCUT2D eigenvalue weighted by atomic mass is 9.97. The molecule has 0 fully saturated rings. The van der Waals surface area contributed by atoms with Gasteiger partial charge in [0, 0.05) is 29.6 Å². The van der Waals surface area contributed by atoms with Crippen molar-refractivity contribution in [1.82, 2.24) is 0 Å². The number of cyclic esters (lactones) is 2. The molecule has 2 aromatic carbocycles. The first-order chi connectivity index (χ1) is 13.0. The maximum absolute atomic E-state index is 11.9. The molecule has 1 aliphatic rings. The van der Waals surface area contributed by atoms with Crippen molar-refractivity contribution in [2.24, 2.45) is 0 Å². The van der Waals surface area contributed by atoms with E-state index in [4.69, 9.17) is 14.2 Å². The van der Waals surface area contributed by atoms with E-state index >= 15 is 0 Å². The van der Waals surface area contributed by atoms with Crippen molar-refractivity contribution in [1.29, 1.82) is 0 Å². The van der Waals surface area contributed by atoms with Crippen LogP contribution in [0.1, 0.15) is 40.5 Å². The Morgan fingerprint density at radius 3 is 2.63 bits per heavy atom. The van der Waals surface area contributed by atoms with Crippen molar-refractivity contribution in [3.05, 3.63) is 41.5 Å². The molecular formula is C20H20O6S. The van der Waals surface area contributed by atoms with E-state index in [2.05, 4.69) is 0 Å². The second-order valence-corrected chi connectivity index (χ2v) is 7.31. The molecule has 0 spiro atoms. The Hall–Kier alpha value is -2.38. The minimum atomic E-state index is -0.630. The predicted octanol–water partition coefficient (Wildman–Crippen LogP) is 3.60. The van der Waals surface area contributed by atoms with Crippen molar-refractivity contribution in [3.63, 3.8) is 0 Å². The van der Waals surface area contributed by atoms with Gasteiger partial charge in [-0.3, -0.25) is 4.79 Å². The van der Waals surface area contributed by atoms with Gasteiger partial charge in [-0.25, -0.2) is 9.59 Å². The van der Waals surface area contributed by atoms with Crippen molar-refractivity contribution in [2.45, 2.75) is 30.8 Å². The Bertz CT molecular complexity index is 871. The van der Waals surface area contributed by atoms with Gasteiger partial charge >= 0.3 is 17.9 Å². The Morgan fingerprint density at radius 1 is 1.15 bits per heavy atom. The van der Waals surface area contributed by atoms with Gasteiger partial charge in [-0.2, -0.15) is 0 Å². The molecule has 27 heavy (non-hydrogen) atoms. The van der Waals surface area contributed by atoms with Gasteiger partial charge in [0.2, 0.25) is 0 Å². The minimum Gasteiger partial charge on any atom is -0.466 e. The predicted molar refractivity (Wildman–Crippen MR) is 101 cm³/mol. The summed E-state index contributed by atoms with van der Waals surface area (Å²) in [5.41, 5.74) is 0.771. The average molecular weight is 388 g/mol. The molecule has 7 heteroatoms. The zero-order valence-electron chi connectivity index (χ0n) is 15.2. The van der Waals surface area contributed by atoms with E-state index < -0.39 is 11.9 Å². The molecular weight excluding hydrogens is 368 g/mol. The first kappa shape index (κ1) is 19.4. The summed E-state index contributed by atoms with van der Waals surface area (Å²) in [6.07, 6.45) is 0.990. The molecule has 0 aliphatic carbocycles. The summed E-state index contributed by atoms with van der Waals surface area (Å²) in [5.74, 6) is -0.981. The summed E-state index contributed by atoms with van der Waals surface area (Å²) in [6.45, 7) is 2.26. The molecule has 0 aromatic heterocycles. The number of benzene rings is 2. The number of hydrogen-bond acceptors (Lipinski definition) is 7. The van der Waals surface area contributed by atoms with Crippen LogP contribution in [0.2, 0.25) is 0 Å². The molecule has 3 rings (SSSR count). The zero-order valence-corrected chi connectivity index (χ0v) is 16.0. The SMILES string of the molecule is COC(C)CCOC(=O)CCSc1ccc2c3c(cccc13)C(=O)OC2=O. The van der Waals surface area contributed by atoms with Crippen molar-refractivity contribution in [3.8, 4) is 0 Å². The molecule has 6 nitrogen and oxygen atoms in total. The fraction of sp³-hybridized carbons (Fsp3) is 0.350. The first-order valence-corrected chi connectivity index (χ1v) is 9.63. The number of carbonyl (C=O) groups is 3. The molecule has 0 bridgehead atoms. The minimum absolute atomic E-state index is 0.0548. The lowest BCUT2D eigenvalue weighted by Gasteiger charge is -2.17. The normalized spacial score (nSPS) is 14.1. The highest BCUT2D eigenvalue weighted by Gasteiger charge is 2.27. The number of hydrogen-bond donors (Lipinski definition) is 0. The maximum Gasteiger partial charge on any atom is 0.346 e. The molecule has 1 unspecified atom stereocenters. The van der Waals surface area contributed by atoms with Gasteiger partial charge in [-0.15, -0.1) is 11.8 Å². The van der Waals surface area contributed by atoms with Crippen LogP contribution in [0, 0.1) is 0 Å². The third-order valence-corrected chi connectivity index (χ3v) is 5.45. The second kappa shape index (κ2) is 8.54. The van der Waals surface area contributed by atoms with Gasteiger partial charge in [0.25, 0.3) is 0 Å². The van der Waals surface area contributed by atoms with Gasteiger partial charge in [-0.1, -0.05) is 12.1 Å². The number of thioether (sulfide) groups is 1. The van der Waals surface area contributed by atoms with Gasteiger partial charge in [0.15, 0.2) is 0 Å². The zero-order chi connectivity index (χ0) is 19.4. The standard InChI is InChI=1S/C20H20O6S/c1-12(24-2)8-10-25-17(21)9-11-27-16-7-6-15-18-13(16)4-3-5-14(18)19(22)26-20(15)23/h3-7,12H,8-11H2,1-2H3. The summed E-state index contributed by atoms with van der Waals surface area (Å²) in [7, 11) is 1.62. The van der Waals surface area contributed by atoms with E-state index in [1.807, 2.05) is 19.1 Å². The van der Waals surface area contributed by atoms with Gasteiger partial charge in [0.05, 0.1) is 30.3 Å². The molecule has 142 valence electrons. The van der Waals surface area contributed by atoms with Crippen LogP contribution < -0.4 is 0 Å². The lowest BCUT2D eigenvalue weighted by molar-refractivity contribution is -0.143. The fourth-order valence-corrected chi connectivity index (χ4v) is 3.79. The Balaban J connectivity index is 1.65. The van der Waals surface area contributed by atoms with Crippen LogP contribution in [-0.2, 0) is 19.0 Å². The molecule has 1 heterocycles. The van der Waals surface area contributed by atoms with E-state index in [0.717, 1.165) is 10.3 Å². The molecule has 0 amide bonds. The summed E-state index contributed by atoms with van der Waals surface area (Å²) >= 11 is 1.49. The number of rotatable bonds is 8. The molecule has 2 aromatic rings. The van der Waals surface area contributed by atoms with E-state index in [9.17, 15) is 14.4 Å². The maximum atomic E-state index is 11.9. The van der Waals surface area contributed by atoms with E-state index in [0.29, 0.717) is 35.3 Å². The van der Waals surface area contributed by atoms with Crippen LogP contribution in [-0.4, -0.2) is 43.5 Å². The van der Waals surface area contributed by atoms with E-state index in [1.54, 1.807) is 25.3 Å². The van der Waals surface area contributed by atoms with Crippen LogP contribution in [0.15, 0.2) is 35.2 Å². The van der Waals surface area contributed by atoms with Crippen LogP contribution in [0.4, 0.5) is 0 Å². The van der Waals surface area contributed by atoms with Crippen LogP contribution in [0.5, 0.6) is 0 Å². The van der Waals surface area contributed by atoms with Gasteiger partial charge in [-0.05, 0) is 30.5 Å². The molecule has 0 saturated heterocycles. The third kappa shape index (κ3) is 4.31.